The van der Waals surface area contributed by atoms with Gasteiger partial charge in [0.15, 0.2) is 0 Å². The SMILES string of the molecule is C=CCC(CC=C)(NCCCCC(=O)O)C(=O)O. The summed E-state index contributed by atoms with van der Waals surface area (Å²) >= 11 is 0. The van der Waals surface area contributed by atoms with Gasteiger partial charge in [-0.25, -0.2) is 0 Å². The summed E-state index contributed by atoms with van der Waals surface area (Å²) in [6.07, 6.45) is 4.96. The van der Waals surface area contributed by atoms with Crippen LogP contribution in [-0.2, 0) is 9.59 Å². The van der Waals surface area contributed by atoms with Gasteiger partial charge in [-0.15, -0.1) is 13.2 Å². The standard InChI is InChI=1S/C13H21NO4/c1-3-8-13(9-4-2,12(17)18)14-10-6-5-7-11(15)16/h3-4,14H,1-2,5-10H2,(H,15,16)(H,17,18). The van der Waals surface area contributed by atoms with Gasteiger partial charge in [-0.1, -0.05) is 12.2 Å². The number of carbonyl (C=O) groups is 2. The maximum atomic E-state index is 11.3. The Morgan fingerprint density at radius 1 is 1.11 bits per heavy atom. The predicted molar refractivity (Wildman–Crippen MR) is 69.5 cm³/mol. The molecule has 0 unspecified atom stereocenters. The first-order valence-corrected chi connectivity index (χ1v) is 5.90. The number of rotatable bonds is 11. The summed E-state index contributed by atoms with van der Waals surface area (Å²) in [4.78, 5) is 21.7. The molecule has 0 aliphatic carbocycles. The van der Waals surface area contributed by atoms with Crippen LogP contribution in [0.4, 0.5) is 0 Å². The van der Waals surface area contributed by atoms with Crippen LogP contribution in [0.25, 0.3) is 0 Å². The molecule has 0 spiro atoms. The van der Waals surface area contributed by atoms with Gasteiger partial charge in [0, 0.05) is 6.42 Å². The zero-order chi connectivity index (χ0) is 14.0. The fourth-order valence-electron chi connectivity index (χ4n) is 1.70. The lowest BCUT2D eigenvalue weighted by atomic mass is 9.91. The fraction of sp³-hybridized carbons (Fsp3) is 0.538. The van der Waals surface area contributed by atoms with Crippen molar-refractivity contribution in [2.75, 3.05) is 6.54 Å². The summed E-state index contributed by atoms with van der Waals surface area (Å²) in [5, 5.41) is 20.7. The molecule has 0 saturated carbocycles. The third kappa shape index (κ3) is 5.63. The summed E-state index contributed by atoms with van der Waals surface area (Å²) < 4.78 is 0. The topological polar surface area (TPSA) is 86.6 Å². The molecule has 0 atom stereocenters. The second-order valence-corrected chi connectivity index (χ2v) is 4.15. The van der Waals surface area contributed by atoms with Gasteiger partial charge >= 0.3 is 11.9 Å². The third-order valence-corrected chi connectivity index (χ3v) is 2.68. The first-order chi connectivity index (χ1) is 8.48. The molecule has 0 radical (unpaired) electrons. The lowest BCUT2D eigenvalue weighted by Crippen LogP contribution is -2.51. The highest BCUT2D eigenvalue weighted by molar-refractivity contribution is 5.79. The molecular weight excluding hydrogens is 234 g/mol. The van der Waals surface area contributed by atoms with E-state index < -0.39 is 17.5 Å². The third-order valence-electron chi connectivity index (χ3n) is 2.68. The van der Waals surface area contributed by atoms with Gasteiger partial charge < -0.3 is 15.5 Å². The highest BCUT2D eigenvalue weighted by Gasteiger charge is 2.35. The normalized spacial score (nSPS) is 10.9. The Hall–Kier alpha value is -1.62. The Morgan fingerprint density at radius 3 is 2.06 bits per heavy atom. The molecule has 0 heterocycles. The summed E-state index contributed by atoms with van der Waals surface area (Å²) in [5.41, 5.74) is -1.08. The van der Waals surface area contributed by atoms with Crippen LogP contribution in [0.3, 0.4) is 0 Å². The Kier molecular flexibility index (Phi) is 7.71. The van der Waals surface area contributed by atoms with E-state index in [1.165, 1.54) is 0 Å². The molecule has 0 saturated heterocycles. The van der Waals surface area contributed by atoms with E-state index in [4.69, 9.17) is 5.11 Å². The quantitative estimate of drug-likeness (QED) is 0.387. The minimum absolute atomic E-state index is 0.102. The molecule has 3 N–H and O–H groups in total. The monoisotopic (exact) mass is 255 g/mol. The number of carboxylic acids is 2. The number of hydrogen-bond acceptors (Lipinski definition) is 3. The van der Waals surface area contributed by atoms with Crippen LogP contribution in [0.2, 0.25) is 0 Å². The van der Waals surface area contributed by atoms with Crippen molar-refractivity contribution in [3.8, 4) is 0 Å². The molecule has 0 aliphatic heterocycles. The maximum Gasteiger partial charge on any atom is 0.324 e. The van der Waals surface area contributed by atoms with Gasteiger partial charge in [-0.3, -0.25) is 9.59 Å². The second kappa shape index (κ2) is 8.47. The summed E-state index contributed by atoms with van der Waals surface area (Å²) in [7, 11) is 0. The van der Waals surface area contributed by atoms with E-state index in [0.29, 0.717) is 32.2 Å². The maximum absolute atomic E-state index is 11.3. The zero-order valence-electron chi connectivity index (χ0n) is 10.5. The van der Waals surface area contributed by atoms with Crippen LogP contribution in [0.15, 0.2) is 25.3 Å². The highest BCUT2D eigenvalue weighted by atomic mass is 16.4. The van der Waals surface area contributed by atoms with Crippen LogP contribution in [-0.4, -0.2) is 34.2 Å². The lowest BCUT2D eigenvalue weighted by Gasteiger charge is -2.28. The average Bonchev–Trinajstić information content (AvgIpc) is 2.28. The lowest BCUT2D eigenvalue weighted by molar-refractivity contribution is -0.145. The van der Waals surface area contributed by atoms with E-state index in [-0.39, 0.29) is 6.42 Å². The molecule has 0 amide bonds. The molecule has 0 aromatic heterocycles. The van der Waals surface area contributed by atoms with E-state index >= 15 is 0 Å². The van der Waals surface area contributed by atoms with Crippen molar-refractivity contribution in [3.05, 3.63) is 25.3 Å². The summed E-state index contributed by atoms with van der Waals surface area (Å²) in [5.74, 6) is -1.78. The van der Waals surface area contributed by atoms with Gasteiger partial charge in [0.2, 0.25) is 0 Å². The van der Waals surface area contributed by atoms with Crippen LogP contribution in [0.5, 0.6) is 0 Å². The molecule has 0 aliphatic rings. The Morgan fingerprint density at radius 2 is 1.67 bits per heavy atom. The van der Waals surface area contributed by atoms with Crippen molar-refractivity contribution in [2.45, 2.75) is 37.6 Å². The minimum atomic E-state index is -1.08. The van der Waals surface area contributed by atoms with Crippen molar-refractivity contribution in [1.29, 1.82) is 0 Å². The van der Waals surface area contributed by atoms with Crippen molar-refractivity contribution in [3.63, 3.8) is 0 Å². The van der Waals surface area contributed by atoms with Crippen LogP contribution in [0.1, 0.15) is 32.1 Å². The van der Waals surface area contributed by atoms with Crippen molar-refractivity contribution in [1.82, 2.24) is 5.32 Å². The van der Waals surface area contributed by atoms with Crippen LogP contribution >= 0.6 is 0 Å². The number of nitrogens with one attached hydrogen (secondary N) is 1. The second-order valence-electron chi connectivity index (χ2n) is 4.15. The Labute approximate surface area is 107 Å². The predicted octanol–water partition coefficient (Wildman–Crippen LogP) is 1.81. The molecule has 102 valence electrons. The smallest absolute Gasteiger partial charge is 0.324 e. The van der Waals surface area contributed by atoms with E-state index in [1.807, 2.05) is 0 Å². The Balaban J connectivity index is 4.31. The summed E-state index contributed by atoms with van der Waals surface area (Å²) in [6.45, 7) is 7.58. The van der Waals surface area contributed by atoms with Gasteiger partial charge in [-0.05, 0) is 32.2 Å². The number of unbranched alkanes of at least 4 members (excludes halogenated alkanes) is 1. The van der Waals surface area contributed by atoms with Crippen molar-refractivity contribution >= 4 is 11.9 Å². The molecular formula is C13H21NO4. The molecule has 0 fully saturated rings. The fourth-order valence-corrected chi connectivity index (χ4v) is 1.70. The van der Waals surface area contributed by atoms with Crippen molar-refractivity contribution in [2.24, 2.45) is 0 Å². The zero-order valence-corrected chi connectivity index (χ0v) is 10.5. The van der Waals surface area contributed by atoms with Gasteiger partial charge in [0.1, 0.15) is 5.54 Å². The molecule has 18 heavy (non-hydrogen) atoms. The number of hydrogen-bond donors (Lipinski definition) is 3. The van der Waals surface area contributed by atoms with Crippen LogP contribution < -0.4 is 5.32 Å². The van der Waals surface area contributed by atoms with E-state index in [0.717, 1.165) is 0 Å². The number of aliphatic carboxylic acids is 2. The van der Waals surface area contributed by atoms with E-state index in [9.17, 15) is 14.7 Å². The first kappa shape index (κ1) is 16.4. The van der Waals surface area contributed by atoms with Crippen molar-refractivity contribution < 1.29 is 19.8 Å². The van der Waals surface area contributed by atoms with E-state index in [2.05, 4.69) is 18.5 Å². The minimum Gasteiger partial charge on any atom is -0.481 e. The van der Waals surface area contributed by atoms with Gasteiger partial charge in [0.25, 0.3) is 0 Å². The molecule has 0 aromatic rings. The van der Waals surface area contributed by atoms with Gasteiger partial charge in [-0.2, -0.15) is 0 Å². The van der Waals surface area contributed by atoms with Gasteiger partial charge in [0.05, 0.1) is 0 Å². The highest BCUT2D eigenvalue weighted by Crippen LogP contribution is 2.17. The first-order valence-electron chi connectivity index (χ1n) is 5.90. The molecule has 5 nitrogen and oxygen atoms in total. The molecule has 0 bridgehead atoms. The average molecular weight is 255 g/mol. The largest absolute Gasteiger partial charge is 0.481 e. The molecule has 0 rings (SSSR count). The van der Waals surface area contributed by atoms with E-state index in [1.54, 1.807) is 12.2 Å². The van der Waals surface area contributed by atoms with Crippen LogP contribution in [0, 0.1) is 0 Å². The summed E-state index contributed by atoms with van der Waals surface area (Å²) in [6, 6.07) is 0. The molecule has 0 aromatic carbocycles. The Bertz CT molecular complexity index is 302. The molecule has 5 heteroatoms. The number of carboxylic acid groups (broad SMARTS) is 2.